The van der Waals surface area contributed by atoms with Crippen LogP contribution < -0.4 is 10.1 Å². The molecule has 3 rings (SSSR count). The lowest BCUT2D eigenvalue weighted by Gasteiger charge is -2.31. The van der Waals surface area contributed by atoms with Crippen LogP contribution in [0.15, 0.2) is 60.7 Å². The van der Waals surface area contributed by atoms with E-state index in [0.29, 0.717) is 26.3 Å². The molecule has 0 aliphatic carbocycles. The molecule has 0 spiro atoms. The average molecular weight is 408 g/mol. The third kappa shape index (κ3) is 6.65. The SMILES string of the molecule is CCOC(=O)N1CCC(NC(=O)/C=C/c2ccc(OCc3ccccc3)cc2)CC1. The molecule has 30 heavy (non-hydrogen) atoms. The molecule has 0 unspecified atom stereocenters. The predicted octanol–water partition coefficient (Wildman–Crippen LogP) is 4.02. The number of nitrogens with one attached hydrogen (secondary N) is 1. The first-order chi connectivity index (χ1) is 14.6. The van der Waals surface area contributed by atoms with E-state index in [1.807, 2.05) is 54.6 Å². The number of piperidine rings is 1. The Morgan fingerprint density at radius 2 is 1.77 bits per heavy atom. The van der Waals surface area contributed by atoms with E-state index in [9.17, 15) is 9.59 Å². The average Bonchev–Trinajstić information content (AvgIpc) is 2.78. The zero-order chi connectivity index (χ0) is 21.2. The number of hydrogen-bond donors (Lipinski definition) is 1. The van der Waals surface area contributed by atoms with Gasteiger partial charge in [0.15, 0.2) is 0 Å². The molecule has 0 bridgehead atoms. The Kier molecular flexibility index (Phi) is 7.89. The van der Waals surface area contributed by atoms with Crippen molar-refractivity contribution in [3.05, 3.63) is 71.8 Å². The summed E-state index contributed by atoms with van der Waals surface area (Å²) in [5, 5.41) is 3.00. The van der Waals surface area contributed by atoms with Crippen LogP contribution in [0.3, 0.4) is 0 Å². The number of carbonyl (C=O) groups is 2. The number of likely N-dealkylation sites (tertiary alicyclic amines) is 1. The number of benzene rings is 2. The highest BCUT2D eigenvalue weighted by atomic mass is 16.6. The summed E-state index contributed by atoms with van der Waals surface area (Å²) >= 11 is 0. The van der Waals surface area contributed by atoms with Gasteiger partial charge >= 0.3 is 6.09 Å². The van der Waals surface area contributed by atoms with Gasteiger partial charge in [-0.3, -0.25) is 4.79 Å². The summed E-state index contributed by atoms with van der Waals surface area (Å²) in [6, 6.07) is 17.7. The van der Waals surface area contributed by atoms with Crippen molar-refractivity contribution < 1.29 is 19.1 Å². The molecule has 0 radical (unpaired) electrons. The molecule has 6 nitrogen and oxygen atoms in total. The monoisotopic (exact) mass is 408 g/mol. The molecule has 1 aliphatic rings. The van der Waals surface area contributed by atoms with E-state index in [2.05, 4.69) is 5.32 Å². The highest BCUT2D eigenvalue weighted by molar-refractivity contribution is 5.91. The Labute approximate surface area is 177 Å². The standard InChI is InChI=1S/C24H28N2O4/c1-2-29-24(28)26-16-14-21(15-17-26)25-23(27)13-10-19-8-11-22(12-9-19)30-18-20-6-4-3-5-7-20/h3-13,21H,2,14-18H2,1H3,(H,25,27)/b13-10+. The molecule has 1 saturated heterocycles. The third-order valence-electron chi connectivity index (χ3n) is 4.92. The second-order valence-electron chi connectivity index (χ2n) is 7.15. The molecule has 1 aliphatic heterocycles. The number of rotatable bonds is 7. The Bertz CT molecular complexity index is 841. The van der Waals surface area contributed by atoms with Crippen molar-refractivity contribution in [1.82, 2.24) is 10.2 Å². The molecule has 1 N–H and O–H groups in total. The maximum absolute atomic E-state index is 12.2. The first-order valence-electron chi connectivity index (χ1n) is 10.3. The molecule has 0 saturated carbocycles. The molecule has 0 atom stereocenters. The Balaban J connectivity index is 1.41. The lowest BCUT2D eigenvalue weighted by atomic mass is 10.1. The largest absolute Gasteiger partial charge is 0.489 e. The lowest BCUT2D eigenvalue weighted by Crippen LogP contribution is -2.46. The second kappa shape index (κ2) is 11.0. The van der Waals surface area contributed by atoms with Crippen molar-refractivity contribution >= 4 is 18.1 Å². The van der Waals surface area contributed by atoms with Gasteiger partial charge in [-0.2, -0.15) is 0 Å². The van der Waals surface area contributed by atoms with Crippen LogP contribution in [0, 0.1) is 0 Å². The first-order valence-corrected chi connectivity index (χ1v) is 10.3. The van der Waals surface area contributed by atoms with Gasteiger partial charge in [0.1, 0.15) is 12.4 Å². The number of amides is 2. The summed E-state index contributed by atoms with van der Waals surface area (Å²) in [6.07, 6.45) is 4.50. The summed E-state index contributed by atoms with van der Waals surface area (Å²) < 4.78 is 10.8. The van der Waals surface area contributed by atoms with Gasteiger partial charge in [0, 0.05) is 25.2 Å². The van der Waals surface area contributed by atoms with Crippen LogP contribution in [0.2, 0.25) is 0 Å². The molecular formula is C24H28N2O4. The van der Waals surface area contributed by atoms with Crippen molar-refractivity contribution in [1.29, 1.82) is 0 Å². The van der Waals surface area contributed by atoms with Crippen LogP contribution in [0.4, 0.5) is 4.79 Å². The fourth-order valence-corrected chi connectivity index (χ4v) is 3.26. The highest BCUT2D eigenvalue weighted by Crippen LogP contribution is 2.15. The van der Waals surface area contributed by atoms with Gasteiger partial charge in [0.05, 0.1) is 6.61 Å². The summed E-state index contributed by atoms with van der Waals surface area (Å²) in [5.41, 5.74) is 2.04. The molecule has 158 valence electrons. The summed E-state index contributed by atoms with van der Waals surface area (Å²) in [4.78, 5) is 25.6. The summed E-state index contributed by atoms with van der Waals surface area (Å²) in [7, 11) is 0. The number of nitrogens with zero attached hydrogens (tertiary/aromatic N) is 1. The summed E-state index contributed by atoms with van der Waals surface area (Å²) in [5.74, 6) is 0.655. The fraction of sp³-hybridized carbons (Fsp3) is 0.333. The quantitative estimate of drug-likeness (QED) is 0.703. The predicted molar refractivity (Wildman–Crippen MR) is 116 cm³/mol. The van der Waals surface area contributed by atoms with Gasteiger partial charge in [0.2, 0.25) is 5.91 Å². The van der Waals surface area contributed by atoms with Crippen LogP contribution in [0.25, 0.3) is 6.08 Å². The first kappa shape index (κ1) is 21.4. The minimum atomic E-state index is -0.279. The van der Waals surface area contributed by atoms with Gasteiger partial charge in [-0.05, 0) is 49.1 Å². The minimum Gasteiger partial charge on any atom is -0.489 e. The van der Waals surface area contributed by atoms with Crippen molar-refractivity contribution in [2.24, 2.45) is 0 Å². The van der Waals surface area contributed by atoms with E-state index in [0.717, 1.165) is 29.7 Å². The van der Waals surface area contributed by atoms with E-state index in [1.165, 1.54) is 6.08 Å². The zero-order valence-electron chi connectivity index (χ0n) is 17.3. The second-order valence-corrected chi connectivity index (χ2v) is 7.15. The number of hydrogen-bond acceptors (Lipinski definition) is 4. The van der Waals surface area contributed by atoms with Crippen LogP contribution in [-0.2, 0) is 16.1 Å². The van der Waals surface area contributed by atoms with Crippen LogP contribution in [-0.4, -0.2) is 42.6 Å². The molecule has 2 aromatic carbocycles. The molecule has 2 amide bonds. The van der Waals surface area contributed by atoms with E-state index < -0.39 is 0 Å². The fourth-order valence-electron chi connectivity index (χ4n) is 3.26. The van der Waals surface area contributed by atoms with Gasteiger partial charge in [0.25, 0.3) is 0 Å². The van der Waals surface area contributed by atoms with E-state index in [4.69, 9.17) is 9.47 Å². The maximum atomic E-state index is 12.2. The van der Waals surface area contributed by atoms with Crippen molar-refractivity contribution in [3.63, 3.8) is 0 Å². The van der Waals surface area contributed by atoms with Crippen LogP contribution in [0.5, 0.6) is 5.75 Å². The highest BCUT2D eigenvalue weighted by Gasteiger charge is 2.23. The van der Waals surface area contributed by atoms with Crippen LogP contribution >= 0.6 is 0 Å². The van der Waals surface area contributed by atoms with Gasteiger partial charge < -0.3 is 19.7 Å². The Morgan fingerprint density at radius 3 is 2.43 bits per heavy atom. The van der Waals surface area contributed by atoms with Crippen molar-refractivity contribution in [2.45, 2.75) is 32.4 Å². The van der Waals surface area contributed by atoms with E-state index in [-0.39, 0.29) is 18.0 Å². The normalized spacial score (nSPS) is 14.5. The zero-order valence-corrected chi connectivity index (χ0v) is 17.3. The molecule has 0 aromatic heterocycles. The third-order valence-corrected chi connectivity index (χ3v) is 4.92. The Hall–Kier alpha value is -3.28. The molecule has 6 heteroatoms. The number of carbonyl (C=O) groups excluding carboxylic acids is 2. The smallest absolute Gasteiger partial charge is 0.409 e. The molecule has 2 aromatic rings. The minimum absolute atomic E-state index is 0.0709. The summed E-state index contributed by atoms with van der Waals surface area (Å²) in [6.45, 7) is 3.88. The van der Waals surface area contributed by atoms with Gasteiger partial charge in [-0.25, -0.2) is 4.79 Å². The topological polar surface area (TPSA) is 67.9 Å². The molecule has 1 fully saturated rings. The van der Waals surface area contributed by atoms with E-state index in [1.54, 1.807) is 17.9 Å². The Morgan fingerprint density at radius 1 is 1.07 bits per heavy atom. The van der Waals surface area contributed by atoms with Crippen LogP contribution in [0.1, 0.15) is 30.9 Å². The lowest BCUT2D eigenvalue weighted by molar-refractivity contribution is -0.117. The van der Waals surface area contributed by atoms with Crippen molar-refractivity contribution in [2.75, 3.05) is 19.7 Å². The molecule has 1 heterocycles. The van der Waals surface area contributed by atoms with Crippen molar-refractivity contribution in [3.8, 4) is 5.75 Å². The number of ether oxygens (including phenoxy) is 2. The van der Waals surface area contributed by atoms with Gasteiger partial charge in [-0.1, -0.05) is 42.5 Å². The van der Waals surface area contributed by atoms with E-state index >= 15 is 0 Å². The van der Waals surface area contributed by atoms with Gasteiger partial charge in [-0.15, -0.1) is 0 Å². The molecular weight excluding hydrogens is 380 g/mol. The maximum Gasteiger partial charge on any atom is 0.409 e.